The molecular weight excluding hydrogens is 340 g/mol. The van der Waals surface area contributed by atoms with Crippen molar-refractivity contribution >= 4 is 12.1 Å². The van der Waals surface area contributed by atoms with E-state index in [1.54, 1.807) is 37.6 Å². The van der Waals surface area contributed by atoms with E-state index in [4.69, 9.17) is 9.47 Å². The van der Waals surface area contributed by atoms with Crippen molar-refractivity contribution in [3.8, 4) is 22.6 Å². The molecule has 3 aromatic rings. The highest BCUT2D eigenvalue weighted by molar-refractivity contribution is 5.83. The summed E-state index contributed by atoms with van der Waals surface area (Å²) >= 11 is 0. The Morgan fingerprint density at radius 3 is 2.19 bits per heavy atom. The van der Waals surface area contributed by atoms with E-state index in [1.807, 2.05) is 42.5 Å². The second kappa shape index (κ2) is 9.20. The standard InChI is InChI=1S/C22H20N2O3/c1-26-20-11-13-21(14-12-20)27-16-22(25)24-23-15-17-7-9-19(10-8-17)18-5-3-2-4-6-18/h2-15H,16H2,1H3,(H,24,25). The molecule has 5 nitrogen and oxygen atoms in total. The molecule has 0 aliphatic heterocycles. The van der Waals surface area contributed by atoms with E-state index < -0.39 is 0 Å². The fraction of sp³-hybridized carbons (Fsp3) is 0.0909. The summed E-state index contributed by atoms with van der Waals surface area (Å²) in [5.74, 6) is 0.990. The summed E-state index contributed by atoms with van der Waals surface area (Å²) in [6.07, 6.45) is 1.60. The van der Waals surface area contributed by atoms with Crippen LogP contribution in [0.2, 0.25) is 0 Å². The third-order valence-corrected chi connectivity index (χ3v) is 3.85. The first kappa shape index (κ1) is 18.2. The molecule has 0 spiro atoms. The van der Waals surface area contributed by atoms with Crippen molar-refractivity contribution in [1.82, 2.24) is 5.43 Å². The van der Waals surface area contributed by atoms with Gasteiger partial charge in [0.1, 0.15) is 11.5 Å². The topological polar surface area (TPSA) is 59.9 Å². The average molecular weight is 360 g/mol. The first-order chi connectivity index (χ1) is 13.2. The van der Waals surface area contributed by atoms with E-state index in [2.05, 4.69) is 22.7 Å². The lowest BCUT2D eigenvalue weighted by molar-refractivity contribution is -0.123. The largest absolute Gasteiger partial charge is 0.497 e. The molecule has 0 radical (unpaired) electrons. The summed E-state index contributed by atoms with van der Waals surface area (Å²) in [6, 6.07) is 25.1. The Morgan fingerprint density at radius 2 is 1.52 bits per heavy atom. The SMILES string of the molecule is COc1ccc(OCC(=O)NN=Cc2ccc(-c3ccccc3)cc2)cc1. The van der Waals surface area contributed by atoms with E-state index in [1.165, 1.54) is 0 Å². The Bertz CT molecular complexity index is 889. The molecule has 0 aromatic heterocycles. The van der Waals surface area contributed by atoms with E-state index in [-0.39, 0.29) is 12.5 Å². The van der Waals surface area contributed by atoms with Crippen molar-refractivity contribution in [3.05, 3.63) is 84.4 Å². The van der Waals surface area contributed by atoms with E-state index in [0.29, 0.717) is 5.75 Å². The van der Waals surface area contributed by atoms with Gasteiger partial charge < -0.3 is 9.47 Å². The van der Waals surface area contributed by atoms with Gasteiger partial charge in [-0.1, -0.05) is 54.6 Å². The number of benzene rings is 3. The van der Waals surface area contributed by atoms with Gasteiger partial charge in [-0.15, -0.1) is 0 Å². The summed E-state index contributed by atoms with van der Waals surface area (Å²) in [7, 11) is 1.59. The van der Waals surface area contributed by atoms with Crippen LogP contribution in [0, 0.1) is 0 Å². The molecule has 0 saturated heterocycles. The van der Waals surface area contributed by atoms with Gasteiger partial charge in [0.2, 0.25) is 0 Å². The number of amides is 1. The zero-order chi connectivity index (χ0) is 18.9. The van der Waals surface area contributed by atoms with Crippen LogP contribution >= 0.6 is 0 Å². The predicted molar refractivity (Wildman–Crippen MR) is 106 cm³/mol. The fourth-order valence-corrected chi connectivity index (χ4v) is 2.42. The molecule has 0 unspecified atom stereocenters. The number of nitrogens with one attached hydrogen (secondary N) is 1. The molecule has 1 amide bonds. The van der Waals surface area contributed by atoms with Crippen molar-refractivity contribution in [1.29, 1.82) is 0 Å². The lowest BCUT2D eigenvalue weighted by Gasteiger charge is -2.06. The van der Waals surface area contributed by atoms with Gasteiger partial charge in [0.25, 0.3) is 5.91 Å². The molecule has 3 aromatic carbocycles. The molecule has 0 bridgehead atoms. The van der Waals surface area contributed by atoms with Crippen LogP contribution in [0.1, 0.15) is 5.56 Å². The molecule has 0 aliphatic carbocycles. The Kier molecular flexibility index (Phi) is 6.20. The number of hydrogen-bond donors (Lipinski definition) is 1. The Morgan fingerprint density at radius 1 is 0.889 bits per heavy atom. The molecule has 1 N–H and O–H groups in total. The predicted octanol–water partition coefficient (Wildman–Crippen LogP) is 3.89. The second-order valence-corrected chi connectivity index (χ2v) is 5.75. The third-order valence-electron chi connectivity index (χ3n) is 3.85. The van der Waals surface area contributed by atoms with Gasteiger partial charge in [-0.3, -0.25) is 4.79 Å². The minimum Gasteiger partial charge on any atom is -0.497 e. The normalized spacial score (nSPS) is 10.6. The van der Waals surface area contributed by atoms with Crippen molar-refractivity contribution in [2.45, 2.75) is 0 Å². The van der Waals surface area contributed by atoms with E-state index in [0.717, 1.165) is 22.4 Å². The van der Waals surface area contributed by atoms with Gasteiger partial charge in [-0.05, 0) is 41.0 Å². The number of rotatable bonds is 7. The van der Waals surface area contributed by atoms with Crippen LogP contribution in [0.15, 0.2) is 84.0 Å². The zero-order valence-electron chi connectivity index (χ0n) is 15.0. The van der Waals surface area contributed by atoms with Gasteiger partial charge in [0.15, 0.2) is 6.61 Å². The number of nitrogens with zero attached hydrogens (tertiary/aromatic N) is 1. The molecular formula is C22H20N2O3. The van der Waals surface area contributed by atoms with Crippen LogP contribution < -0.4 is 14.9 Å². The maximum absolute atomic E-state index is 11.8. The first-order valence-corrected chi connectivity index (χ1v) is 8.49. The van der Waals surface area contributed by atoms with Gasteiger partial charge in [0.05, 0.1) is 13.3 Å². The van der Waals surface area contributed by atoms with Crippen LogP contribution in [0.4, 0.5) is 0 Å². The van der Waals surface area contributed by atoms with Crippen LogP contribution in [-0.4, -0.2) is 25.8 Å². The van der Waals surface area contributed by atoms with Crippen LogP contribution in [-0.2, 0) is 4.79 Å². The molecule has 0 saturated carbocycles. The highest BCUT2D eigenvalue weighted by Crippen LogP contribution is 2.19. The Balaban J connectivity index is 1.47. The maximum atomic E-state index is 11.8. The van der Waals surface area contributed by atoms with Gasteiger partial charge in [-0.2, -0.15) is 5.10 Å². The zero-order valence-corrected chi connectivity index (χ0v) is 15.0. The average Bonchev–Trinajstić information content (AvgIpc) is 2.74. The van der Waals surface area contributed by atoms with Crippen LogP contribution in [0.25, 0.3) is 11.1 Å². The highest BCUT2D eigenvalue weighted by Gasteiger charge is 2.02. The number of ether oxygens (including phenoxy) is 2. The molecule has 0 heterocycles. The lowest BCUT2D eigenvalue weighted by atomic mass is 10.0. The van der Waals surface area contributed by atoms with Crippen LogP contribution in [0.5, 0.6) is 11.5 Å². The van der Waals surface area contributed by atoms with Gasteiger partial charge in [-0.25, -0.2) is 5.43 Å². The van der Waals surface area contributed by atoms with E-state index in [9.17, 15) is 4.79 Å². The van der Waals surface area contributed by atoms with Crippen molar-refractivity contribution in [2.75, 3.05) is 13.7 Å². The van der Waals surface area contributed by atoms with Gasteiger partial charge in [0, 0.05) is 0 Å². The smallest absolute Gasteiger partial charge is 0.277 e. The van der Waals surface area contributed by atoms with Crippen molar-refractivity contribution in [3.63, 3.8) is 0 Å². The maximum Gasteiger partial charge on any atom is 0.277 e. The number of carbonyl (C=O) groups excluding carboxylic acids is 1. The summed E-state index contributed by atoms with van der Waals surface area (Å²) in [4.78, 5) is 11.8. The molecule has 0 fully saturated rings. The lowest BCUT2D eigenvalue weighted by Crippen LogP contribution is -2.24. The molecule has 136 valence electrons. The quantitative estimate of drug-likeness (QED) is 0.514. The number of carbonyl (C=O) groups is 1. The number of hydrogen-bond acceptors (Lipinski definition) is 4. The first-order valence-electron chi connectivity index (χ1n) is 8.49. The Labute approximate surface area is 158 Å². The van der Waals surface area contributed by atoms with Gasteiger partial charge >= 0.3 is 0 Å². The van der Waals surface area contributed by atoms with Crippen molar-refractivity contribution in [2.24, 2.45) is 5.10 Å². The summed E-state index contributed by atoms with van der Waals surface area (Å²) < 4.78 is 10.5. The van der Waals surface area contributed by atoms with Crippen LogP contribution in [0.3, 0.4) is 0 Å². The highest BCUT2D eigenvalue weighted by atomic mass is 16.5. The second-order valence-electron chi connectivity index (χ2n) is 5.75. The fourth-order valence-electron chi connectivity index (χ4n) is 2.42. The van der Waals surface area contributed by atoms with E-state index >= 15 is 0 Å². The Hall–Kier alpha value is -3.60. The minimum absolute atomic E-state index is 0.114. The summed E-state index contributed by atoms with van der Waals surface area (Å²) in [6.45, 7) is -0.114. The summed E-state index contributed by atoms with van der Waals surface area (Å²) in [5, 5.41) is 3.96. The molecule has 3 rings (SSSR count). The third kappa shape index (κ3) is 5.44. The summed E-state index contributed by atoms with van der Waals surface area (Å²) in [5.41, 5.74) is 5.63. The molecule has 0 atom stereocenters. The minimum atomic E-state index is -0.331. The number of hydrazone groups is 1. The molecule has 27 heavy (non-hydrogen) atoms. The number of methoxy groups -OCH3 is 1. The monoisotopic (exact) mass is 360 g/mol. The molecule has 5 heteroatoms. The van der Waals surface area contributed by atoms with Crippen molar-refractivity contribution < 1.29 is 14.3 Å². The molecule has 0 aliphatic rings.